The molecule has 0 aromatic heterocycles. The topological polar surface area (TPSA) is 159 Å². The van der Waals surface area contributed by atoms with Gasteiger partial charge >= 0.3 is 0 Å². The van der Waals surface area contributed by atoms with Crippen LogP contribution < -0.4 is 0 Å². The van der Waals surface area contributed by atoms with Crippen molar-refractivity contribution in [3.63, 3.8) is 0 Å². The summed E-state index contributed by atoms with van der Waals surface area (Å²) in [6, 6.07) is 0. The Hall–Kier alpha value is -0.610. The second kappa shape index (κ2) is 6.86. The van der Waals surface area contributed by atoms with Gasteiger partial charge in [0.15, 0.2) is 5.78 Å². The van der Waals surface area contributed by atoms with E-state index in [1.54, 1.807) is 0 Å². The molecular weight excluding hydrogens is 224 g/mol. The number of ketones is 1. The first-order chi connectivity index (χ1) is 7.36. The van der Waals surface area contributed by atoms with E-state index in [0.29, 0.717) is 0 Å². The third-order valence-corrected chi connectivity index (χ3v) is 2.09. The van der Waals surface area contributed by atoms with Crippen LogP contribution in [0.3, 0.4) is 0 Å². The summed E-state index contributed by atoms with van der Waals surface area (Å²) >= 11 is 0. The number of carbonyl (C=O) groups is 1. The first-order valence-electron chi connectivity index (χ1n) is 4.51. The van der Waals surface area contributed by atoms with E-state index in [1.165, 1.54) is 0 Å². The highest BCUT2D eigenvalue weighted by molar-refractivity contribution is 5.84. The number of rotatable bonds is 7. The molecule has 0 saturated carbocycles. The molecule has 0 amide bonds. The van der Waals surface area contributed by atoms with Crippen LogP contribution in [0.2, 0.25) is 0 Å². The van der Waals surface area contributed by atoms with Gasteiger partial charge < -0.3 is 35.7 Å². The van der Waals surface area contributed by atoms with Crippen molar-refractivity contribution < 1.29 is 40.5 Å². The van der Waals surface area contributed by atoms with Crippen molar-refractivity contribution in [2.24, 2.45) is 0 Å². The van der Waals surface area contributed by atoms with E-state index in [4.69, 9.17) is 25.5 Å². The lowest BCUT2D eigenvalue weighted by molar-refractivity contribution is -0.157. The smallest absolute Gasteiger partial charge is 0.189 e. The van der Waals surface area contributed by atoms with Gasteiger partial charge in [0.25, 0.3) is 0 Å². The molecule has 5 atom stereocenters. The number of hydrogen-bond donors (Lipinski definition) is 7. The lowest BCUT2D eigenvalue weighted by Crippen LogP contribution is -2.52. The summed E-state index contributed by atoms with van der Waals surface area (Å²) in [5, 5.41) is 62.5. The Labute approximate surface area is 91.0 Å². The Morgan fingerprint density at radius 3 is 1.75 bits per heavy atom. The molecule has 8 nitrogen and oxygen atoms in total. The summed E-state index contributed by atoms with van der Waals surface area (Å²) in [5.41, 5.74) is 0. The summed E-state index contributed by atoms with van der Waals surface area (Å²) in [4.78, 5) is 10.8. The van der Waals surface area contributed by atoms with Crippen molar-refractivity contribution in [3.8, 4) is 0 Å². The van der Waals surface area contributed by atoms with Gasteiger partial charge in [-0.1, -0.05) is 0 Å². The minimum atomic E-state index is -2.08. The lowest BCUT2D eigenvalue weighted by atomic mass is 9.97. The van der Waals surface area contributed by atoms with Crippen LogP contribution in [0.4, 0.5) is 0 Å². The summed E-state index contributed by atoms with van der Waals surface area (Å²) in [7, 11) is 0. The van der Waals surface area contributed by atoms with Gasteiger partial charge in [0, 0.05) is 0 Å². The maximum atomic E-state index is 10.8. The van der Waals surface area contributed by atoms with Crippen LogP contribution in [-0.2, 0) is 4.79 Å². The number of hydrogen-bond acceptors (Lipinski definition) is 8. The molecule has 0 bridgehead atoms. The number of aliphatic hydroxyl groups excluding tert-OH is 7. The fourth-order valence-corrected chi connectivity index (χ4v) is 1.01. The van der Waals surface area contributed by atoms with Gasteiger partial charge in [-0.3, -0.25) is 4.79 Å². The Morgan fingerprint density at radius 2 is 1.38 bits per heavy atom. The maximum Gasteiger partial charge on any atom is 0.189 e. The van der Waals surface area contributed by atoms with Crippen LogP contribution in [0.5, 0.6) is 0 Å². The molecule has 0 heterocycles. The SMILES string of the molecule is O=C(CO)[C@@H](O)[C@H](O)[C@H](O)[C@@H](O)[C@H](O)CO. The third kappa shape index (κ3) is 3.76. The quantitative estimate of drug-likeness (QED) is 0.234. The molecule has 0 saturated heterocycles. The zero-order chi connectivity index (χ0) is 12.9. The van der Waals surface area contributed by atoms with E-state index >= 15 is 0 Å². The molecule has 0 aromatic rings. The Kier molecular flexibility index (Phi) is 6.60. The lowest BCUT2D eigenvalue weighted by Gasteiger charge is -2.27. The van der Waals surface area contributed by atoms with Crippen LogP contribution in [0, 0.1) is 0 Å². The van der Waals surface area contributed by atoms with Gasteiger partial charge in [-0.15, -0.1) is 0 Å². The van der Waals surface area contributed by atoms with Crippen molar-refractivity contribution in [3.05, 3.63) is 0 Å². The van der Waals surface area contributed by atoms with Gasteiger partial charge in [-0.05, 0) is 0 Å². The largest absolute Gasteiger partial charge is 0.394 e. The molecule has 96 valence electrons. The zero-order valence-electron chi connectivity index (χ0n) is 8.34. The van der Waals surface area contributed by atoms with Crippen molar-refractivity contribution in [1.82, 2.24) is 0 Å². The second-order valence-corrected chi connectivity index (χ2v) is 3.29. The summed E-state index contributed by atoms with van der Waals surface area (Å²) in [6.45, 7) is -1.90. The van der Waals surface area contributed by atoms with Crippen molar-refractivity contribution in [1.29, 1.82) is 0 Å². The molecule has 0 radical (unpaired) electrons. The van der Waals surface area contributed by atoms with E-state index < -0.39 is 49.5 Å². The van der Waals surface area contributed by atoms with E-state index in [0.717, 1.165) is 0 Å². The van der Waals surface area contributed by atoms with Gasteiger partial charge in [-0.2, -0.15) is 0 Å². The van der Waals surface area contributed by atoms with Crippen LogP contribution in [0.1, 0.15) is 0 Å². The molecule has 7 N–H and O–H groups in total. The molecular formula is C8H16O8. The third-order valence-electron chi connectivity index (χ3n) is 2.09. The Bertz CT molecular complexity index is 220. The minimum Gasteiger partial charge on any atom is -0.394 e. The molecule has 16 heavy (non-hydrogen) atoms. The summed E-state index contributed by atoms with van der Waals surface area (Å²) < 4.78 is 0. The molecule has 0 unspecified atom stereocenters. The number of aliphatic hydroxyl groups is 7. The highest BCUT2D eigenvalue weighted by Crippen LogP contribution is 2.09. The van der Waals surface area contributed by atoms with Crippen LogP contribution in [0.25, 0.3) is 0 Å². The zero-order valence-corrected chi connectivity index (χ0v) is 8.34. The fourth-order valence-electron chi connectivity index (χ4n) is 1.01. The maximum absolute atomic E-state index is 10.8. The van der Waals surface area contributed by atoms with Crippen LogP contribution in [-0.4, -0.2) is 85.3 Å². The molecule has 0 aliphatic rings. The molecule has 8 heteroatoms. The molecule has 0 aliphatic heterocycles. The summed E-state index contributed by atoms with van der Waals surface area (Å²) in [5.74, 6) is -1.14. The van der Waals surface area contributed by atoms with E-state index in [9.17, 15) is 15.0 Å². The average molecular weight is 240 g/mol. The van der Waals surface area contributed by atoms with E-state index in [-0.39, 0.29) is 0 Å². The number of carbonyl (C=O) groups excluding carboxylic acids is 1. The van der Waals surface area contributed by atoms with Gasteiger partial charge in [-0.25, -0.2) is 0 Å². The van der Waals surface area contributed by atoms with Crippen molar-refractivity contribution in [2.75, 3.05) is 13.2 Å². The summed E-state index contributed by atoms with van der Waals surface area (Å²) in [6.07, 6.45) is -9.84. The average Bonchev–Trinajstić information content (AvgIpc) is 2.32. The van der Waals surface area contributed by atoms with Gasteiger partial charge in [0.2, 0.25) is 0 Å². The first-order valence-corrected chi connectivity index (χ1v) is 4.51. The van der Waals surface area contributed by atoms with Crippen LogP contribution >= 0.6 is 0 Å². The van der Waals surface area contributed by atoms with Crippen molar-refractivity contribution >= 4 is 5.78 Å². The van der Waals surface area contributed by atoms with E-state index in [2.05, 4.69) is 0 Å². The number of Topliss-reactive ketones (excluding diaryl/α,β-unsaturated/α-hetero) is 1. The second-order valence-electron chi connectivity index (χ2n) is 3.29. The standard InChI is InChI=1S/C8H16O8/c9-1-3(11)5(13)7(15)8(16)6(14)4(12)2-10/h3,5-11,13-16H,1-2H2/t3-,5+,6-,7-,8+/m1/s1. The minimum absolute atomic E-state index is 0.866. The molecule has 0 aromatic carbocycles. The normalized spacial score (nSPS) is 20.9. The van der Waals surface area contributed by atoms with Crippen LogP contribution in [0.15, 0.2) is 0 Å². The molecule has 0 fully saturated rings. The molecule has 0 spiro atoms. The highest BCUT2D eigenvalue weighted by atomic mass is 16.4. The highest BCUT2D eigenvalue weighted by Gasteiger charge is 2.36. The fraction of sp³-hybridized carbons (Fsp3) is 0.875. The Balaban J connectivity index is 4.47. The van der Waals surface area contributed by atoms with E-state index in [1.807, 2.05) is 0 Å². The monoisotopic (exact) mass is 240 g/mol. The van der Waals surface area contributed by atoms with Crippen molar-refractivity contribution in [2.45, 2.75) is 30.5 Å². The predicted octanol–water partition coefficient (Wildman–Crippen LogP) is -4.66. The predicted molar refractivity (Wildman–Crippen MR) is 49.2 cm³/mol. The molecule has 0 rings (SSSR count). The first kappa shape index (κ1) is 15.4. The molecule has 0 aliphatic carbocycles. The van der Waals surface area contributed by atoms with Gasteiger partial charge in [0.05, 0.1) is 6.61 Å². The Morgan fingerprint density at radius 1 is 0.875 bits per heavy atom. The van der Waals surface area contributed by atoms with Gasteiger partial charge in [0.1, 0.15) is 37.1 Å².